The maximum atomic E-state index is 12.0. The van der Waals surface area contributed by atoms with Crippen LogP contribution in [0.15, 0.2) is 40.8 Å². The number of hydrogen-bond acceptors (Lipinski definition) is 7. The Morgan fingerprint density at radius 2 is 2.04 bits per heavy atom. The van der Waals surface area contributed by atoms with E-state index in [1.165, 1.54) is 11.3 Å². The van der Waals surface area contributed by atoms with Crippen molar-refractivity contribution in [3.63, 3.8) is 0 Å². The van der Waals surface area contributed by atoms with Gasteiger partial charge in [0.15, 0.2) is 0 Å². The molecule has 0 aliphatic carbocycles. The molecule has 3 aromatic rings. The predicted octanol–water partition coefficient (Wildman–Crippen LogP) is 2.74. The zero-order valence-corrected chi connectivity index (χ0v) is 16.1. The van der Waals surface area contributed by atoms with Crippen molar-refractivity contribution < 1.29 is 18.7 Å². The van der Waals surface area contributed by atoms with Crippen LogP contribution in [0.25, 0.3) is 11.5 Å². The molecule has 0 unspecified atom stereocenters. The second-order valence-electron chi connectivity index (χ2n) is 5.93. The van der Waals surface area contributed by atoms with E-state index < -0.39 is 0 Å². The number of amides is 2. The number of halogens is 1. The summed E-state index contributed by atoms with van der Waals surface area (Å²) in [5.74, 6) is 0.305. The molecule has 1 aliphatic heterocycles. The fourth-order valence-corrected chi connectivity index (χ4v) is 3.66. The van der Waals surface area contributed by atoms with Gasteiger partial charge in [-0.1, -0.05) is 11.6 Å². The van der Waals surface area contributed by atoms with Crippen LogP contribution in [0.2, 0.25) is 4.34 Å². The number of hydrogen-bond donors (Lipinski definition) is 1. The van der Waals surface area contributed by atoms with E-state index in [2.05, 4.69) is 15.5 Å². The van der Waals surface area contributed by atoms with E-state index in [0.717, 1.165) is 11.3 Å². The molecule has 1 saturated heterocycles. The molecular weight excluding hydrogens is 404 g/mol. The molecule has 0 atom stereocenters. The molecule has 4 rings (SSSR count). The summed E-state index contributed by atoms with van der Waals surface area (Å²) >= 11 is 7.03. The number of benzene rings is 1. The predicted molar refractivity (Wildman–Crippen MR) is 103 cm³/mol. The van der Waals surface area contributed by atoms with Crippen molar-refractivity contribution in [2.45, 2.75) is 6.54 Å². The van der Waals surface area contributed by atoms with Crippen molar-refractivity contribution in [1.82, 2.24) is 15.5 Å². The van der Waals surface area contributed by atoms with Gasteiger partial charge in [-0.05, 0) is 36.4 Å². The Hall–Kier alpha value is -2.75. The van der Waals surface area contributed by atoms with Crippen LogP contribution in [0.4, 0.5) is 5.69 Å². The largest absolute Gasteiger partial charge is 0.419 e. The molecule has 10 heteroatoms. The number of ether oxygens (including phenoxy) is 1. The Balaban J connectivity index is 1.39. The van der Waals surface area contributed by atoms with Gasteiger partial charge in [0.2, 0.25) is 11.8 Å². The number of carbonyl (C=O) groups excluding carboxylic acids is 2. The highest BCUT2D eigenvalue weighted by Crippen LogP contribution is 2.24. The molecule has 8 nitrogen and oxygen atoms in total. The lowest BCUT2D eigenvalue weighted by Crippen LogP contribution is -2.41. The first kappa shape index (κ1) is 18.6. The van der Waals surface area contributed by atoms with Crippen LogP contribution < -0.4 is 10.2 Å². The van der Waals surface area contributed by atoms with Crippen molar-refractivity contribution >= 4 is 40.4 Å². The molecule has 2 aromatic heterocycles. The molecule has 0 spiro atoms. The van der Waals surface area contributed by atoms with Gasteiger partial charge in [0.1, 0.15) is 6.61 Å². The second-order valence-corrected chi connectivity index (χ2v) is 7.65. The first-order chi connectivity index (χ1) is 13.6. The summed E-state index contributed by atoms with van der Waals surface area (Å²) in [6.07, 6.45) is 0. The molecule has 28 heavy (non-hydrogen) atoms. The standard InChI is InChI=1S/C18H15ClN4O4S/c19-14-6-5-13(28-14)17(25)20-9-15-21-22-18(27-15)11-1-3-12(4-2-11)23-7-8-26-10-16(23)24/h1-6H,7-10H2,(H,20,25). The first-order valence-corrected chi connectivity index (χ1v) is 9.64. The van der Waals surface area contributed by atoms with Gasteiger partial charge >= 0.3 is 0 Å². The lowest BCUT2D eigenvalue weighted by Gasteiger charge is -2.26. The van der Waals surface area contributed by atoms with Gasteiger partial charge in [-0.25, -0.2) is 0 Å². The minimum atomic E-state index is -0.254. The maximum Gasteiger partial charge on any atom is 0.261 e. The van der Waals surface area contributed by atoms with E-state index in [4.69, 9.17) is 20.8 Å². The number of carbonyl (C=O) groups is 2. The third-order valence-corrected chi connectivity index (χ3v) is 5.31. The Morgan fingerprint density at radius 1 is 1.21 bits per heavy atom. The van der Waals surface area contributed by atoms with E-state index in [-0.39, 0.29) is 25.0 Å². The number of nitrogens with one attached hydrogen (secondary N) is 1. The van der Waals surface area contributed by atoms with Gasteiger partial charge in [0.25, 0.3) is 11.8 Å². The van der Waals surface area contributed by atoms with Gasteiger partial charge in [-0.3, -0.25) is 9.59 Å². The van der Waals surface area contributed by atoms with Crippen LogP contribution >= 0.6 is 22.9 Å². The Morgan fingerprint density at radius 3 is 2.75 bits per heavy atom. The van der Waals surface area contributed by atoms with Gasteiger partial charge in [0.05, 0.1) is 22.4 Å². The smallest absolute Gasteiger partial charge is 0.261 e. The zero-order chi connectivity index (χ0) is 19.5. The summed E-state index contributed by atoms with van der Waals surface area (Å²) in [6.45, 7) is 1.25. The molecule has 3 heterocycles. The van der Waals surface area contributed by atoms with Gasteiger partial charge < -0.3 is 19.4 Å². The maximum absolute atomic E-state index is 12.0. The van der Waals surface area contributed by atoms with E-state index in [9.17, 15) is 9.59 Å². The second kappa shape index (κ2) is 8.09. The fraction of sp³-hybridized carbons (Fsp3) is 0.222. The van der Waals surface area contributed by atoms with Crippen LogP contribution in [0.3, 0.4) is 0 Å². The summed E-state index contributed by atoms with van der Waals surface area (Å²) in [7, 11) is 0. The van der Waals surface area contributed by atoms with E-state index in [0.29, 0.717) is 34.1 Å². The number of anilines is 1. The molecule has 2 amide bonds. The summed E-state index contributed by atoms with van der Waals surface area (Å²) in [4.78, 5) is 26.1. The van der Waals surface area contributed by atoms with Crippen molar-refractivity contribution in [3.05, 3.63) is 51.5 Å². The highest BCUT2D eigenvalue weighted by molar-refractivity contribution is 7.17. The molecule has 1 aromatic carbocycles. The number of aromatic nitrogens is 2. The molecule has 1 N–H and O–H groups in total. The third-order valence-electron chi connectivity index (χ3n) is 4.08. The Kier molecular flexibility index (Phi) is 5.38. The Labute approximate surface area is 169 Å². The molecule has 0 saturated carbocycles. The molecule has 0 bridgehead atoms. The third kappa shape index (κ3) is 4.06. The average Bonchev–Trinajstić information content (AvgIpc) is 3.36. The summed E-state index contributed by atoms with van der Waals surface area (Å²) in [6, 6.07) is 10.6. The molecule has 1 aliphatic rings. The minimum Gasteiger partial charge on any atom is -0.419 e. The molecule has 0 radical (unpaired) electrons. The summed E-state index contributed by atoms with van der Waals surface area (Å²) < 4.78 is 11.3. The number of rotatable bonds is 5. The minimum absolute atomic E-state index is 0.0677. The number of nitrogens with zero attached hydrogens (tertiary/aromatic N) is 3. The summed E-state index contributed by atoms with van der Waals surface area (Å²) in [5, 5.41) is 10.7. The van der Waals surface area contributed by atoms with Crippen molar-refractivity contribution in [2.75, 3.05) is 24.7 Å². The Bertz CT molecular complexity index is 1000. The highest BCUT2D eigenvalue weighted by atomic mass is 35.5. The quantitative estimate of drug-likeness (QED) is 0.684. The monoisotopic (exact) mass is 418 g/mol. The van der Waals surface area contributed by atoms with Gasteiger partial charge in [0, 0.05) is 17.8 Å². The SMILES string of the molecule is O=C(NCc1nnc(-c2ccc(N3CCOCC3=O)cc2)o1)c1ccc(Cl)s1. The van der Waals surface area contributed by atoms with Gasteiger partial charge in [-0.2, -0.15) is 0 Å². The molecule has 1 fully saturated rings. The van der Waals surface area contributed by atoms with Crippen LogP contribution in [-0.4, -0.2) is 41.8 Å². The zero-order valence-electron chi connectivity index (χ0n) is 14.6. The lowest BCUT2D eigenvalue weighted by molar-refractivity contribution is -0.125. The molecule has 144 valence electrons. The van der Waals surface area contributed by atoms with Crippen LogP contribution in [0.1, 0.15) is 15.6 Å². The van der Waals surface area contributed by atoms with Crippen molar-refractivity contribution in [1.29, 1.82) is 0 Å². The lowest BCUT2D eigenvalue weighted by atomic mass is 10.2. The van der Waals surface area contributed by atoms with E-state index in [1.54, 1.807) is 17.0 Å². The van der Waals surface area contributed by atoms with Crippen LogP contribution in [0.5, 0.6) is 0 Å². The van der Waals surface area contributed by atoms with E-state index >= 15 is 0 Å². The van der Waals surface area contributed by atoms with Crippen LogP contribution in [-0.2, 0) is 16.1 Å². The van der Waals surface area contributed by atoms with Gasteiger partial charge in [-0.15, -0.1) is 21.5 Å². The number of thiophene rings is 1. The first-order valence-electron chi connectivity index (χ1n) is 8.44. The average molecular weight is 419 g/mol. The summed E-state index contributed by atoms with van der Waals surface area (Å²) in [5.41, 5.74) is 1.51. The highest BCUT2D eigenvalue weighted by Gasteiger charge is 2.20. The van der Waals surface area contributed by atoms with Crippen molar-refractivity contribution in [2.24, 2.45) is 0 Å². The fourth-order valence-electron chi connectivity index (χ4n) is 2.70. The van der Waals surface area contributed by atoms with Crippen molar-refractivity contribution in [3.8, 4) is 11.5 Å². The number of morpholine rings is 1. The topological polar surface area (TPSA) is 97.6 Å². The normalized spacial score (nSPS) is 14.3. The van der Waals surface area contributed by atoms with E-state index in [1.807, 2.05) is 24.3 Å². The van der Waals surface area contributed by atoms with Crippen LogP contribution in [0, 0.1) is 0 Å². The molecular formula is C18H15ClN4O4S.